The van der Waals surface area contributed by atoms with Crippen LogP contribution in [0, 0.1) is 12.7 Å². The van der Waals surface area contributed by atoms with Crippen LogP contribution in [0.3, 0.4) is 0 Å². The maximum absolute atomic E-state index is 13.4. The van der Waals surface area contributed by atoms with Gasteiger partial charge in [0, 0.05) is 23.1 Å². The number of aromatic nitrogens is 2. The molecule has 4 nitrogen and oxygen atoms in total. The zero-order valence-electron chi connectivity index (χ0n) is 15.5. The highest BCUT2D eigenvalue weighted by molar-refractivity contribution is 5.64. The van der Waals surface area contributed by atoms with Gasteiger partial charge in [0.25, 0.3) is 0 Å². The average molecular weight is 350 g/mol. The minimum Gasteiger partial charge on any atom is -0.340 e. The Labute approximate surface area is 153 Å². The van der Waals surface area contributed by atoms with Gasteiger partial charge in [-0.3, -0.25) is 0 Å². The van der Waals surface area contributed by atoms with Crippen LogP contribution in [0.2, 0.25) is 0 Å². The van der Waals surface area contributed by atoms with Crippen LogP contribution in [0.4, 0.5) is 27.5 Å². The van der Waals surface area contributed by atoms with E-state index in [0.29, 0.717) is 17.5 Å². The van der Waals surface area contributed by atoms with E-state index < -0.39 is 0 Å². The van der Waals surface area contributed by atoms with Gasteiger partial charge in [-0.1, -0.05) is 45.0 Å². The van der Waals surface area contributed by atoms with Crippen molar-refractivity contribution in [1.29, 1.82) is 0 Å². The molecule has 0 unspecified atom stereocenters. The van der Waals surface area contributed by atoms with Crippen molar-refractivity contribution >= 4 is 23.1 Å². The molecule has 0 atom stereocenters. The second-order valence-electron chi connectivity index (χ2n) is 7.27. The van der Waals surface area contributed by atoms with Crippen LogP contribution in [-0.2, 0) is 5.41 Å². The van der Waals surface area contributed by atoms with Crippen molar-refractivity contribution in [1.82, 2.24) is 9.97 Å². The minimum atomic E-state index is -0.305. The van der Waals surface area contributed by atoms with Gasteiger partial charge in [0.1, 0.15) is 11.6 Å². The van der Waals surface area contributed by atoms with Crippen molar-refractivity contribution in [2.75, 3.05) is 10.6 Å². The Hall–Kier alpha value is -2.95. The molecule has 3 aromatic rings. The van der Waals surface area contributed by atoms with Crippen LogP contribution in [0.25, 0.3) is 0 Å². The normalized spacial score (nSPS) is 11.3. The summed E-state index contributed by atoms with van der Waals surface area (Å²) in [5.74, 6) is 0.805. The van der Waals surface area contributed by atoms with Gasteiger partial charge in [-0.2, -0.15) is 4.98 Å². The van der Waals surface area contributed by atoms with Crippen molar-refractivity contribution in [3.05, 3.63) is 71.7 Å². The first-order chi connectivity index (χ1) is 12.3. The molecule has 0 aliphatic heterocycles. The lowest BCUT2D eigenvalue weighted by molar-refractivity contribution is 0.592. The molecule has 0 bridgehead atoms. The average Bonchev–Trinajstić information content (AvgIpc) is 2.54. The zero-order valence-corrected chi connectivity index (χ0v) is 15.5. The van der Waals surface area contributed by atoms with E-state index in [0.717, 1.165) is 11.4 Å². The largest absolute Gasteiger partial charge is 0.340 e. The molecule has 134 valence electrons. The van der Waals surface area contributed by atoms with E-state index in [1.165, 1.54) is 17.7 Å². The maximum Gasteiger partial charge on any atom is 0.229 e. The van der Waals surface area contributed by atoms with E-state index in [2.05, 4.69) is 47.4 Å². The smallest absolute Gasteiger partial charge is 0.229 e. The van der Waals surface area contributed by atoms with Crippen molar-refractivity contribution < 1.29 is 4.39 Å². The first-order valence-corrected chi connectivity index (χ1v) is 8.56. The SMILES string of the molecule is Cc1cc(Nc2ccccc2C(C)(C)C)nc(Nc2cccc(F)c2)n1. The molecule has 0 fully saturated rings. The Morgan fingerprint density at radius 1 is 0.885 bits per heavy atom. The van der Waals surface area contributed by atoms with Crippen molar-refractivity contribution in [2.24, 2.45) is 0 Å². The molecule has 2 aromatic carbocycles. The van der Waals surface area contributed by atoms with Gasteiger partial charge >= 0.3 is 0 Å². The number of rotatable bonds is 4. The third-order valence-electron chi connectivity index (χ3n) is 3.93. The molecule has 0 saturated heterocycles. The Kier molecular flexibility index (Phi) is 4.89. The number of para-hydroxylation sites is 1. The highest BCUT2D eigenvalue weighted by Gasteiger charge is 2.17. The molecule has 1 heterocycles. The van der Waals surface area contributed by atoms with Gasteiger partial charge in [-0.15, -0.1) is 0 Å². The second kappa shape index (κ2) is 7.12. The molecule has 5 heteroatoms. The molecule has 0 spiro atoms. The minimum absolute atomic E-state index is 0.00825. The van der Waals surface area contributed by atoms with E-state index in [1.54, 1.807) is 12.1 Å². The number of nitrogens with one attached hydrogen (secondary N) is 2. The summed E-state index contributed by atoms with van der Waals surface area (Å²) in [6, 6.07) is 16.3. The molecule has 0 amide bonds. The van der Waals surface area contributed by atoms with Crippen LogP contribution >= 0.6 is 0 Å². The summed E-state index contributed by atoms with van der Waals surface area (Å²) >= 11 is 0. The summed E-state index contributed by atoms with van der Waals surface area (Å²) < 4.78 is 13.4. The van der Waals surface area contributed by atoms with E-state index in [-0.39, 0.29) is 11.2 Å². The summed E-state index contributed by atoms with van der Waals surface area (Å²) in [6.07, 6.45) is 0. The summed E-state index contributed by atoms with van der Waals surface area (Å²) in [4.78, 5) is 8.91. The highest BCUT2D eigenvalue weighted by atomic mass is 19.1. The Morgan fingerprint density at radius 2 is 1.65 bits per heavy atom. The van der Waals surface area contributed by atoms with Crippen LogP contribution in [0.15, 0.2) is 54.6 Å². The quantitative estimate of drug-likeness (QED) is 0.633. The standard InChI is InChI=1S/C21H23FN4/c1-14-12-19(25-18-11-6-5-10-17(18)21(2,3)4)26-20(23-14)24-16-9-7-8-15(22)13-16/h5-13H,1-4H3,(H2,23,24,25,26). The van der Waals surface area contributed by atoms with E-state index >= 15 is 0 Å². The first kappa shape index (κ1) is 17.9. The zero-order chi connectivity index (χ0) is 18.7. The number of nitrogens with zero attached hydrogens (tertiary/aromatic N) is 2. The predicted octanol–water partition coefficient (Wildman–Crippen LogP) is 5.71. The summed E-state index contributed by atoms with van der Waals surface area (Å²) in [5, 5.41) is 6.45. The van der Waals surface area contributed by atoms with Crippen molar-refractivity contribution in [2.45, 2.75) is 33.1 Å². The van der Waals surface area contributed by atoms with Gasteiger partial charge in [-0.25, -0.2) is 9.37 Å². The molecule has 0 saturated carbocycles. The molecule has 0 aliphatic rings. The van der Waals surface area contributed by atoms with Gasteiger partial charge in [0.2, 0.25) is 5.95 Å². The molecular formula is C21H23FN4. The number of halogens is 1. The van der Waals surface area contributed by atoms with Gasteiger partial charge in [-0.05, 0) is 42.2 Å². The Bertz CT molecular complexity index is 916. The van der Waals surface area contributed by atoms with Crippen LogP contribution in [0.1, 0.15) is 32.0 Å². The Balaban J connectivity index is 1.89. The number of benzene rings is 2. The maximum atomic E-state index is 13.4. The number of hydrogen-bond acceptors (Lipinski definition) is 4. The number of aryl methyl sites for hydroxylation is 1. The first-order valence-electron chi connectivity index (χ1n) is 8.56. The third kappa shape index (κ3) is 4.36. The molecule has 1 aromatic heterocycles. The molecule has 2 N–H and O–H groups in total. The molecule has 3 rings (SSSR count). The van der Waals surface area contributed by atoms with E-state index in [4.69, 9.17) is 0 Å². The van der Waals surface area contributed by atoms with E-state index in [1.807, 2.05) is 31.2 Å². The topological polar surface area (TPSA) is 49.8 Å². The highest BCUT2D eigenvalue weighted by Crippen LogP contribution is 2.31. The van der Waals surface area contributed by atoms with Crippen LogP contribution < -0.4 is 10.6 Å². The fourth-order valence-corrected chi connectivity index (χ4v) is 2.77. The fourth-order valence-electron chi connectivity index (χ4n) is 2.77. The van der Waals surface area contributed by atoms with E-state index in [9.17, 15) is 4.39 Å². The fraction of sp³-hybridized carbons (Fsp3) is 0.238. The second-order valence-corrected chi connectivity index (χ2v) is 7.27. The molecule has 0 aliphatic carbocycles. The number of anilines is 4. The lowest BCUT2D eigenvalue weighted by Gasteiger charge is -2.23. The molecule has 0 radical (unpaired) electrons. The van der Waals surface area contributed by atoms with Crippen molar-refractivity contribution in [3.8, 4) is 0 Å². The lowest BCUT2D eigenvalue weighted by atomic mass is 9.86. The molecular weight excluding hydrogens is 327 g/mol. The predicted molar refractivity (Wildman–Crippen MR) is 105 cm³/mol. The Morgan fingerprint density at radius 3 is 2.38 bits per heavy atom. The summed E-state index contributed by atoms with van der Waals surface area (Å²) in [7, 11) is 0. The third-order valence-corrected chi connectivity index (χ3v) is 3.93. The van der Waals surface area contributed by atoms with Crippen LogP contribution in [-0.4, -0.2) is 9.97 Å². The van der Waals surface area contributed by atoms with Gasteiger partial charge in [0.15, 0.2) is 0 Å². The lowest BCUT2D eigenvalue weighted by Crippen LogP contribution is -2.14. The van der Waals surface area contributed by atoms with Gasteiger partial charge in [0.05, 0.1) is 0 Å². The summed E-state index contributed by atoms with van der Waals surface area (Å²) in [5.41, 5.74) is 3.64. The molecule has 26 heavy (non-hydrogen) atoms. The van der Waals surface area contributed by atoms with Gasteiger partial charge < -0.3 is 10.6 Å². The monoisotopic (exact) mass is 350 g/mol. The van der Waals surface area contributed by atoms with Crippen LogP contribution in [0.5, 0.6) is 0 Å². The summed E-state index contributed by atoms with van der Waals surface area (Å²) in [6.45, 7) is 8.43. The van der Waals surface area contributed by atoms with Crippen molar-refractivity contribution in [3.63, 3.8) is 0 Å². The number of hydrogen-bond donors (Lipinski definition) is 2.